The van der Waals surface area contributed by atoms with Crippen LogP contribution in [0.3, 0.4) is 0 Å². The first-order chi connectivity index (χ1) is 14.6. The molecule has 30 heavy (non-hydrogen) atoms. The molecule has 0 aliphatic carbocycles. The van der Waals surface area contributed by atoms with Gasteiger partial charge in [-0.05, 0) is 49.7 Å². The number of nitrogens with one attached hydrogen (secondary N) is 2. The van der Waals surface area contributed by atoms with Gasteiger partial charge in [0, 0.05) is 30.5 Å². The maximum Gasteiger partial charge on any atom is 0.248 e. The Hall–Kier alpha value is -3.75. The van der Waals surface area contributed by atoms with Crippen LogP contribution in [-0.4, -0.2) is 31.3 Å². The monoisotopic (exact) mass is 407 g/mol. The van der Waals surface area contributed by atoms with Crippen LogP contribution in [0.4, 0.5) is 32.1 Å². The molecule has 0 fully saturated rings. The van der Waals surface area contributed by atoms with E-state index in [1.807, 2.05) is 17.9 Å². The normalized spacial score (nSPS) is 13.4. The molecular formula is C21H19F2N7. The maximum atomic E-state index is 14.6. The number of nitrogens with zero attached hydrogens (tertiary/aromatic N) is 5. The van der Waals surface area contributed by atoms with Crippen LogP contribution in [0.1, 0.15) is 12.1 Å². The Balaban J connectivity index is 1.40. The van der Waals surface area contributed by atoms with Crippen LogP contribution in [0.2, 0.25) is 0 Å². The number of benzene rings is 1. The number of aryl methyl sites for hydroxylation is 2. The molecule has 152 valence electrons. The van der Waals surface area contributed by atoms with E-state index in [0.717, 1.165) is 30.9 Å². The second kappa shape index (κ2) is 7.25. The molecule has 1 aromatic carbocycles. The highest BCUT2D eigenvalue weighted by Crippen LogP contribution is 2.30. The molecule has 0 unspecified atom stereocenters. The Bertz CT molecular complexity index is 1200. The number of anilines is 4. The molecule has 5 rings (SSSR count). The molecule has 2 N–H and O–H groups in total. The van der Waals surface area contributed by atoms with Crippen molar-refractivity contribution < 1.29 is 8.78 Å². The largest absolute Gasteiger partial charge is 0.357 e. The third kappa shape index (κ3) is 3.38. The molecule has 1 aliphatic heterocycles. The summed E-state index contributed by atoms with van der Waals surface area (Å²) in [6, 6.07) is 11.3. The predicted molar refractivity (Wildman–Crippen MR) is 110 cm³/mol. The molecule has 0 amide bonds. The van der Waals surface area contributed by atoms with Gasteiger partial charge in [0.15, 0.2) is 5.82 Å². The predicted octanol–water partition coefficient (Wildman–Crippen LogP) is 4.54. The zero-order chi connectivity index (χ0) is 20.7. The summed E-state index contributed by atoms with van der Waals surface area (Å²) in [5.41, 5.74) is 3.12. The van der Waals surface area contributed by atoms with E-state index >= 15 is 0 Å². The minimum atomic E-state index is -0.446. The van der Waals surface area contributed by atoms with Crippen molar-refractivity contribution in [3.63, 3.8) is 0 Å². The van der Waals surface area contributed by atoms with E-state index in [-0.39, 0.29) is 11.5 Å². The molecule has 4 heterocycles. The number of hydrogen-bond acceptors (Lipinski definition) is 5. The van der Waals surface area contributed by atoms with E-state index < -0.39 is 5.82 Å². The Kier molecular flexibility index (Phi) is 4.42. The van der Waals surface area contributed by atoms with Gasteiger partial charge in [0.05, 0.1) is 17.6 Å². The quantitative estimate of drug-likeness (QED) is 0.520. The lowest BCUT2D eigenvalue weighted by Gasteiger charge is -2.27. The lowest BCUT2D eigenvalue weighted by atomic mass is 10.2. The molecule has 1 aliphatic rings. The van der Waals surface area contributed by atoms with Crippen molar-refractivity contribution in [2.24, 2.45) is 0 Å². The number of aromatic amines is 1. The third-order valence-corrected chi connectivity index (χ3v) is 4.97. The van der Waals surface area contributed by atoms with Crippen molar-refractivity contribution in [1.82, 2.24) is 24.7 Å². The second-order valence-electron chi connectivity index (χ2n) is 7.17. The fourth-order valence-electron chi connectivity index (χ4n) is 3.56. The Labute approximate surface area is 171 Å². The highest BCUT2D eigenvalue weighted by atomic mass is 19.1. The van der Waals surface area contributed by atoms with Crippen LogP contribution >= 0.6 is 0 Å². The van der Waals surface area contributed by atoms with Gasteiger partial charge in [0.1, 0.15) is 11.5 Å². The van der Waals surface area contributed by atoms with Crippen LogP contribution in [0.5, 0.6) is 0 Å². The number of pyridine rings is 1. The molecule has 0 atom stereocenters. The van der Waals surface area contributed by atoms with Crippen molar-refractivity contribution in [2.75, 3.05) is 16.8 Å². The highest BCUT2D eigenvalue weighted by molar-refractivity contribution is 5.63. The fraction of sp³-hybridized carbons (Fsp3) is 0.190. The summed E-state index contributed by atoms with van der Waals surface area (Å²) in [5.74, 6) is 0.275. The molecule has 0 radical (unpaired) electrons. The Morgan fingerprint density at radius 3 is 2.63 bits per heavy atom. The van der Waals surface area contributed by atoms with E-state index in [4.69, 9.17) is 0 Å². The van der Waals surface area contributed by atoms with Gasteiger partial charge >= 0.3 is 0 Å². The molecule has 9 heteroatoms. The molecule has 0 bridgehead atoms. The summed E-state index contributed by atoms with van der Waals surface area (Å²) in [5, 5.41) is 7.50. The third-order valence-electron chi connectivity index (χ3n) is 4.97. The fourth-order valence-corrected chi connectivity index (χ4v) is 3.56. The summed E-state index contributed by atoms with van der Waals surface area (Å²) in [6.07, 6.45) is 2.43. The average Bonchev–Trinajstić information content (AvgIpc) is 3.34. The number of H-pyrrole nitrogens is 1. The molecule has 0 spiro atoms. The van der Waals surface area contributed by atoms with Crippen molar-refractivity contribution in [1.29, 1.82) is 0 Å². The zero-order valence-corrected chi connectivity index (χ0v) is 16.2. The van der Waals surface area contributed by atoms with Crippen LogP contribution in [0.25, 0.3) is 11.4 Å². The Morgan fingerprint density at radius 1 is 1.07 bits per heavy atom. The number of fused-ring (bicyclic) bond motifs is 1. The molecule has 4 aromatic rings. The topological polar surface area (TPSA) is 74.7 Å². The van der Waals surface area contributed by atoms with Crippen molar-refractivity contribution in [3.05, 3.63) is 66.0 Å². The van der Waals surface area contributed by atoms with Gasteiger partial charge in [-0.2, -0.15) is 4.98 Å². The van der Waals surface area contributed by atoms with E-state index in [2.05, 4.69) is 25.4 Å². The smallest absolute Gasteiger partial charge is 0.248 e. The summed E-state index contributed by atoms with van der Waals surface area (Å²) >= 11 is 0. The average molecular weight is 407 g/mol. The van der Waals surface area contributed by atoms with Crippen LogP contribution in [0, 0.1) is 18.6 Å². The second-order valence-corrected chi connectivity index (χ2v) is 7.17. The minimum Gasteiger partial charge on any atom is -0.357 e. The molecular weight excluding hydrogens is 388 g/mol. The standard InChI is InChI=1S/C21H19F2N7/c1-13-3-8-18(25-13)19-17(23)11-15(12-24-19)26-20-27-21-29(9-2-10-30(21)28-20)16-6-4-14(22)5-7-16/h3-8,11-12,25H,2,9-10H2,1H3,(H,26,28). The molecule has 0 saturated carbocycles. The first-order valence-electron chi connectivity index (χ1n) is 9.63. The van der Waals surface area contributed by atoms with E-state index in [1.54, 1.807) is 29.1 Å². The van der Waals surface area contributed by atoms with Gasteiger partial charge in [-0.15, -0.1) is 5.10 Å². The van der Waals surface area contributed by atoms with Crippen LogP contribution < -0.4 is 10.2 Å². The van der Waals surface area contributed by atoms with Gasteiger partial charge in [0.2, 0.25) is 11.9 Å². The van der Waals surface area contributed by atoms with Crippen molar-refractivity contribution in [3.8, 4) is 11.4 Å². The first-order valence-corrected chi connectivity index (χ1v) is 9.63. The number of aromatic nitrogens is 5. The lowest BCUT2D eigenvalue weighted by molar-refractivity contribution is 0.539. The van der Waals surface area contributed by atoms with Crippen LogP contribution in [0.15, 0.2) is 48.7 Å². The maximum absolute atomic E-state index is 14.6. The van der Waals surface area contributed by atoms with E-state index in [1.165, 1.54) is 18.2 Å². The van der Waals surface area contributed by atoms with E-state index in [0.29, 0.717) is 23.3 Å². The van der Waals surface area contributed by atoms with Gasteiger partial charge < -0.3 is 15.2 Å². The SMILES string of the molecule is Cc1ccc(-c2ncc(Nc3nc4n(n3)CCCN4c3ccc(F)cc3)cc2F)[nH]1. The van der Waals surface area contributed by atoms with Gasteiger partial charge in [0.25, 0.3) is 0 Å². The molecule has 3 aromatic heterocycles. The van der Waals surface area contributed by atoms with Gasteiger partial charge in [-0.25, -0.2) is 18.4 Å². The summed E-state index contributed by atoms with van der Waals surface area (Å²) in [4.78, 5) is 13.9. The van der Waals surface area contributed by atoms with Crippen molar-refractivity contribution >= 4 is 23.3 Å². The van der Waals surface area contributed by atoms with E-state index in [9.17, 15) is 8.78 Å². The lowest BCUT2D eigenvalue weighted by Crippen LogP contribution is -2.28. The summed E-state index contributed by atoms with van der Waals surface area (Å²) in [6.45, 7) is 3.38. The number of halogens is 2. The Morgan fingerprint density at radius 2 is 1.90 bits per heavy atom. The van der Waals surface area contributed by atoms with Crippen LogP contribution in [-0.2, 0) is 6.54 Å². The minimum absolute atomic E-state index is 0.258. The molecule has 7 nitrogen and oxygen atoms in total. The first kappa shape index (κ1) is 18.3. The number of hydrogen-bond donors (Lipinski definition) is 2. The van der Waals surface area contributed by atoms with Gasteiger partial charge in [-0.1, -0.05) is 0 Å². The molecule has 0 saturated heterocycles. The number of rotatable bonds is 4. The van der Waals surface area contributed by atoms with Crippen molar-refractivity contribution in [2.45, 2.75) is 19.9 Å². The summed E-state index contributed by atoms with van der Waals surface area (Å²) < 4.78 is 29.6. The summed E-state index contributed by atoms with van der Waals surface area (Å²) in [7, 11) is 0. The highest BCUT2D eigenvalue weighted by Gasteiger charge is 2.23. The van der Waals surface area contributed by atoms with Gasteiger partial charge in [-0.3, -0.25) is 0 Å². The zero-order valence-electron chi connectivity index (χ0n) is 16.2.